The zero-order valence-corrected chi connectivity index (χ0v) is 30.6. The highest BCUT2D eigenvalue weighted by molar-refractivity contribution is 5.14. The minimum Gasteiger partial charge on any atom is -0.374 e. The molecule has 2 aromatic carbocycles. The minimum atomic E-state index is -1.10. The predicted molar refractivity (Wildman–Crippen MR) is 188 cm³/mol. The number of ether oxygens (including phenoxy) is 7. The normalized spacial score (nSPS) is 39.1. The smallest absolute Gasteiger partial charge is 0.167 e. The zero-order chi connectivity index (χ0) is 35.8. The van der Waals surface area contributed by atoms with Gasteiger partial charge in [0.15, 0.2) is 18.9 Å². The van der Waals surface area contributed by atoms with E-state index in [1.807, 2.05) is 74.5 Å². The molecule has 276 valence electrons. The predicted octanol–water partition coefficient (Wildman–Crippen LogP) is 7.41. The molecule has 0 bridgehead atoms. The second-order valence-corrected chi connectivity index (χ2v) is 14.4. The Balaban J connectivity index is 1.38. The van der Waals surface area contributed by atoms with Crippen molar-refractivity contribution in [3.8, 4) is 0 Å². The van der Waals surface area contributed by atoms with Crippen molar-refractivity contribution in [2.24, 2.45) is 34.7 Å². The summed E-state index contributed by atoms with van der Waals surface area (Å²) in [4.78, 5) is 3.22. The van der Waals surface area contributed by atoms with Gasteiger partial charge in [0.2, 0.25) is 0 Å². The van der Waals surface area contributed by atoms with E-state index in [0.717, 1.165) is 17.5 Å². The monoisotopic (exact) mass is 695 g/mol. The first-order chi connectivity index (χ1) is 24.2. The van der Waals surface area contributed by atoms with Gasteiger partial charge in [-0.05, 0) is 47.3 Å². The maximum atomic E-state index is 11.1. The molecule has 3 heterocycles. The van der Waals surface area contributed by atoms with Crippen LogP contribution in [0.25, 0.3) is 10.4 Å². The van der Waals surface area contributed by atoms with Gasteiger partial charge in [-0.2, -0.15) is 0 Å². The van der Waals surface area contributed by atoms with Gasteiger partial charge in [0.25, 0.3) is 0 Å². The Bertz CT molecular complexity index is 1350. The molecule has 7 unspecified atom stereocenters. The van der Waals surface area contributed by atoms with Crippen molar-refractivity contribution in [2.45, 2.75) is 136 Å². The van der Waals surface area contributed by atoms with E-state index in [2.05, 4.69) is 44.6 Å². The Morgan fingerprint density at radius 2 is 1.26 bits per heavy atom. The summed E-state index contributed by atoms with van der Waals surface area (Å²) in [5, 5.41) is 15.3. The summed E-state index contributed by atoms with van der Waals surface area (Å²) >= 11 is 0. The largest absolute Gasteiger partial charge is 0.374 e. The van der Waals surface area contributed by atoms with Gasteiger partial charge < -0.3 is 38.3 Å². The van der Waals surface area contributed by atoms with Crippen LogP contribution < -0.4 is 0 Å². The van der Waals surface area contributed by atoms with Crippen LogP contribution in [-0.2, 0) is 46.4 Å². The fourth-order valence-corrected chi connectivity index (χ4v) is 7.64. The van der Waals surface area contributed by atoms with Crippen molar-refractivity contribution in [1.29, 1.82) is 0 Å². The van der Waals surface area contributed by atoms with Crippen molar-refractivity contribution in [2.75, 3.05) is 6.61 Å². The van der Waals surface area contributed by atoms with Gasteiger partial charge in [-0.1, -0.05) is 114 Å². The molecule has 0 aliphatic carbocycles. The Morgan fingerprint density at radius 3 is 1.88 bits per heavy atom. The maximum Gasteiger partial charge on any atom is 0.167 e. The maximum absolute atomic E-state index is 11.1. The highest BCUT2D eigenvalue weighted by atomic mass is 16.7. The molecule has 0 radical (unpaired) electrons. The molecule has 1 N–H and O–H groups in total. The average molecular weight is 696 g/mol. The van der Waals surface area contributed by atoms with Crippen molar-refractivity contribution in [1.82, 2.24) is 0 Å². The summed E-state index contributed by atoms with van der Waals surface area (Å²) < 4.78 is 45.6. The zero-order valence-electron chi connectivity index (χ0n) is 30.6. The number of rotatable bonds is 14. The van der Waals surface area contributed by atoms with E-state index in [1.54, 1.807) is 0 Å². The molecule has 11 heteroatoms. The van der Waals surface area contributed by atoms with Gasteiger partial charge in [-0.3, -0.25) is 0 Å². The lowest BCUT2D eigenvalue weighted by atomic mass is 9.78. The fraction of sp³-hybridized carbons (Fsp3) is 0.692. The van der Waals surface area contributed by atoms with Crippen LogP contribution in [0.1, 0.15) is 72.4 Å². The average Bonchev–Trinajstić information content (AvgIpc) is 3.13. The topological polar surface area (TPSA) is 134 Å². The molecule has 0 saturated carbocycles. The van der Waals surface area contributed by atoms with Gasteiger partial charge in [0, 0.05) is 16.7 Å². The quantitative estimate of drug-likeness (QED) is 0.123. The molecule has 2 aromatic rings. The lowest BCUT2D eigenvalue weighted by molar-refractivity contribution is -0.347. The Labute approximate surface area is 297 Å². The van der Waals surface area contributed by atoms with E-state index < -0.39 is 49.1 Å². The van der Waals surface area contributed by atoms with Gasteiger partial charge >= 0.3 is 0 Å². The molecule has 11 nitrogen and oxygen atoms in total. The third-order valence-electron chi connectivity index (χ3n) is 11.2. The Kier molecular flexibility index (Phi) is 14.1. The standard InChI is InChI=1S/C39H57N3O8/c1-8-30-24(4)23(3)25(5)38(47-30)49-34-26(6)33(41-42-40)39(48-31(34)9-2)50-36-32(22-44-20-28-16-12-10-13-17-28)46-37(43)27(7)35(36)45-21-29-18-14-11-15-19-29/h10-19,23-27,30-39,43H,8-9,20-22H2,1-7H3/t23-,24-,25?,26+,27?,30?,31?,32?,33?,34-,35+,36+,37?,38-,39-/m0/s1. The Hall–Kier alpha value is -2.57. The van der Waals surface area contributed by atoms with Crippen molar-refractivity contribution < 1.29 is 38.3 Å². The fourth-order valence-electron chi connectivity index (χ4n) is 7.64. The summed E-state index contributed by atoms with van der Waals surface area (Å²) in [5.74, 6) is 0.317. The third kappa shape index (κ3) is 9.07. The third-order valence-corrected chi connectivity index (χ3v) is 11.2. The van der Waals surface area contributed by atoms with Gasteiger partial charge in [-0.25, -0.2) is 0 Å². The number of aliphatic hydroxyl groups excluding tert-OH is 1. The number of aliphatic hydroxyl groups is 1. The number of benzene rings is 2. The summed E-state index contributed by atoms with van der Waals surface area (Å²) in [7, 11) is 0. The second kappa shape index (κ2) is 18.3. The van der Waals surface area contributed by atoms with E-state index in [4.69, 9.17) is 33.2 Å². The summed E-state index contributed by atoms with van der Waals surface area (Å²) in [6, 6.07) is 19.0. The summed E-state index contributed by atoms with van der Waals surface area (Å²) in [6.45, 7) is 15.6. The molecule has 3 fully saturated rings. The van der Waals surface area contributed by atoms with Crippen LogP contribution in [0, 0.1) is 29.6 Å². The number of hydrogen-bond acceptors (Lipinski definition) is 9. The van der Waals surface area contributed by atoms with E-state index in [9.17, 15) is 10.6 Å². The van der Waals surface area contributed by atoms with E-state index in [1.165, 1.54) is 0 Å². The molecule has 50 heavy (non-hydrogen) atoms. The number of azide groups is 1. The van der Waals surface area contributed by atoms with Gasteiger partial charge in [-0.15, -0.1) is 0 Å². The minimum absolute atomic E-state index is 0.104. The van der Waals surface area contributed by atoms with Crippen LogP contribution in [-0.4, -0.2) is 73.2 Å². The lowest BCUT2D eigenvalue weighted by Crippen LogP contribution is -2.62. The van der Waals surface area contributed by atoms with Crippen molar-refractivity contribution in [3.63, 3.8) is 0 Å². The second-order valence-electron chi connectivity index (χ2n) is 14.4. The molecular formula is C39H57N3O8. The first-order valence-electron chi connectivity index (χ1n) is 18.4. The SMILES string of the molecule is CCC1O[C@@H](O[C@@H]2C(CC)O[C@@H](O[C@@H]3C(COCc4ccccc4)OC(O)C(C)[C@H]3OCc3ccccc3)C(N=[N+]=[N-])[C@H]2C)C(C)[C@@H](C)[C@@H]1C. The molecule has 3 aliphatic rings. The van der Waals surface area contributed by atoms with Crippen LogP contribution in [0.2, 0.25) is 0 Å². The molecular weight excluding hydrogens is 638 g/mol. The lowest BCUT2D eigenvalue weighted by Gasteiger charge is -2.50. The van der Waals surface area contributed by atoms with Crippen molar-refractivity contribution >= 4 is 0 Å². The van der Waals surface area contributed by atoms with Crippen LogP contribution in [0.5, 0.6) is 0 Å². The number of hydrogen-bond donors (Lipinski definition) is 1. The van der Waals surface area contributed by atoms with Crippen LogP contribution in [0.4, 0.5) is 0 Å². The first kappa shape index (κ1) is 38.7. The molecule has 0 spiro atoms. The summed E-state index contributed by atoms with van der Waals surface area (Å²) in [6.07, 6.45) is -3.52. The van der Waals surface area contributed by atoms with Crippen LogP contribution in [0.3, 0.4) is 0 Å². The highest BCUT2D eigenvalue weighted by Crippen LogP contribution is 2.41. The molecule has 3 aliphatic heterocycles. The number of nitrogens with zero attached hydrogens (tertiary/aromatic N) is 3. The molecule has 0 amide bonds. The van der Waals surface area contributed by atoms with Gasteiger partial charge in [0.05, 0.1) is 50.3 Å². The van der Waals surface area contributed by atoms with Crippen LogP contribution >= 0.6 is 0 Å². The Morgan fingerprint density at radius 1 is 0.660 bits per heavy atom. The van der Waals surface area contributed by atoms with E-state index >= 15 is 0 Å². The summed E-state index contributed by atoms with van der Waals surface area (Å²) in [5.41, 5.74) is 11.8. The molecule has 3 saturated heterocycles. The first-order valence-corrected chi connectivity index (χ1v) is 18.4. The van der Waals surface area contributed by atoms with Gasteiger partial charge in [0.1, 0.15) is 12.2 Å². The van der Waals surface area contributed by atoms with Crippen LogP contribution in [0.15, 0.2) is 65.8 Å². The van der Waals surface area contributed by atoms with E-state index in [-0.39, 0.29) is 36.8 Å². The highest BCUT2D eigenvalue weighted by Gasteiger charge is 2.51. The van der Waals surface area contributed by atoms with Crippen molar-refractivity contribution in [3.05, 3.63) is 82.2 Å². The molecule has 0 aromatic heterocycles. The molecule has 15 atom stereocenters. The molecule has 5 rings (SSSR count). The van der Waals surface area contributed by atoms with E-state index in [0.29, 0.717) is 31.5 Å².